The molecule has 12 fully saturated rings. The van der Waals surface area contributed by atoms with Gasteiger partial charge in [0.15, 0.2) is 0 Å². The molecule has 0 radical (unpaired) electrons. The van der Waals surface area contributed by atoms with Crippen LogP contribution in [0.5, 0.6) is 0 Å². The van der Waals surface area contributed by atoms with E-state index in [1.807, 2.05) is 22.3 Å². The zero-order chi connectivity index (χ0) is 82.2. The molecule has 16 rings (SSSR count). The lowest BCUT2D eigenvalue weighted by Gasteiger charge is -2.61. The number of hydrogen-bond donors (Lipinski definition) is 0. The zero-order valence-corrected chi connectivity index (χ0v) is 81.0. The van der Waals surface area contributed by atoms with Crippen molar-refractivity contribution in [3.05, 3.63) is 69.9 Å². The topological polar surface area (TPSA) is 0 Å². The van der Waals surface area contributed by atoms with E-state index in [1.54, 1.807) is 50.5 Å². The van der Waals surface area contributed by atoms with Crippen LogP contribution < -0.4 is 0 Å². The van der Waals surface area contributed by atoms with Crippen molar-refractivity contribution in [2.45, 2.75) is 443 Å². The van der Waals surface area contributed by atoms with Gasteiger partial charge in [0.2, 0.25) is 0 Å². The van der Waals surface area contributed by atoms with Gasteiger partial charge < -0.3 is 0 Å². The summed E-state index contributed by atoms with van der Waals surface area (Å²) >= 11 is 0. The van der Waals surface area contributed by atoms with E-state index in [2.05, 4.69) is 216 Å². The Morgan fingerprint density at radius 1 is 0.421 bits per heavy atom. The summed E-state index contributed by atoms with van der Waals surface area (Å²) in [6.07, 6.45) is 75.4. The summed E-state index contributed by atoms with van der Waals surface area (Å²) < 4.78 is 0. The molecule has 0 saturated heterocycles. The molecule has 16 aliphatic carbocycles. The monoisotopic (exact) mass is 1560 g/mol. The van der Waals surface area contributed by atoms with Gasteiger partial charge in [0.05, 0.1) is 0 Å². The summed E-state index contributed by atoms with van der Waals surface area (Å²) in [4.78, 5) is 0. The van der Waals surface area contributed by atoms with Crippen molar-refractivity contribution in [2.24, 2.45) is 203 Å². The number of hydrogen-bond acceptors (Lipinski definition) is 0. The van der Waals surface area contributed by atoms with Gasteiger partial charge in [-0.15, -0.1) is 0 Å². The second-order valence-corrected chi connectivity index (χ2v) is 50.9. The molecule has 0 aliphatic heterocycles. The Balaban J connectivity index is 0.000000133. The predicted octanol–water partition coefficient (Wildman–Crippen LogP) is 35.1. The first-order valence-electron chi connectivity index (χ1n) is 51.9. The van der Waals surface area contributed by atoms with Gasteiger partial charge in [-0.1, -0.05) is 281 Å². The smallest absolute Gasteiger partial charge is 0.00474 e. The molecule has 0 aromatic carbocycles. The van der Waals surface area contributed by atoms with Crippen molar-refractivity contribution in [1.82, 2.24) is 0 Å². The van der Waals surface area contributed by atoms with E-state index in [4.69, 9.17) is 0 Å². The molecule has 648 valence electrons. The van der Waals surface area contributed by atoms with Crippen LogP contribution in [0.25, 0.3) is 0 Å². The standard InChI is InChI=1S/C30H50.C28H50.C28H48.C28H44/c1-20(2)10-9-11-21(3)24-13-14-25-23-12-15-27-28(5,6)22(4)16-18-30(27,8)26(23)17-19-29(24,25)7;3*1-19(2)8-7-9-21(4)24-12-13-25-23-11-10-22-18-20(3)14-16-27(22,5)26(23)15-17-28(24,25)6/h10,21-22,24-25,27H,9,11-19H2,1-8H3;19-26H,7-18H2,1-6H3;10,19-21,23-26H,7-9,11-18H2,1-6H3;7,9-11,19-21,24-26H,8,12-18H2,1-6H3/b;;;9-7+. The fraction of sp³-hybridized carbons (Fsp3) is 0.895. The van der Waals surface area contributed by atoms with Crippen molar-refractivity contribution in [2.75, 3.05) is 0 Å². The van der Waals surface area contributed by atoms with E-state index < -0.39 is 0 Å². The van der Waals surface area contributed by atoms with Crippen LogP contribution >= 0.6 is 0 Å². The largest absolute Gasteiger partial charge is 0.0880 e. The molecular weight excluding hydrogens is 1370 g/mol. The molecule has 0 bridgehead atoms. The van der Waals surface area contributed by atoms with Crippen LogP contribution in [-0.2, 0) is 0 Å². The molecule has 0 N–H and O–H groups in total. The number of rotatable bonds is 18. The van der Waals surface area contributed by atoms with Gasteiger partial charge in [-0.2, -0.15) is 0 Å². The van der Waals surface area contributed by atoms with Crippen molar-refractivity contribution in [3.63, 3.8) is 0 Å². The molecule has 0 spiro atoms. The minimum atomic E-state index is 0.471. The molecule has 114 heavy (non-hydrogen) atoms. The third-order valence-electron chi connectivity index (χ3n) is 42.7. The first-order valence-corrected chi connectivity index (χ1v) is 51.9. The van der Waals surface area contributed by atoms with E-state index in [-0.39, 0.29) is 0 Å². The lowest BCUT2D eigenvalue weighted by Crippen LogP contribution is -2.53. The maximum Gasteiger partial charge on any atom is -0.00474 e. The molecule has 0 heterocycles. The molecule has 0 heteroatoms. The molecule has 0 aromatic heterocycles. The summed E-state index contributed by atoms with van der Waals surface area (Å²) in [6, 6.07) is 0. The minimum absolute atomic E-state index is 0.471. The Morgan fingerprint density at radius 3 is 1.60 bits per heavy atom. The Hall–Kier alpha value is -1.56. The van der Waals surface area contributed by atoms with Gasteiger partial charge in [0, 0.05) is 0 Å². The van der Waals surface area contributed by atoms with E-state index in [0.717, 1.165) is 154 Å². The Kier molecular flexibility index (Phi) is 28.1. The van der Waals surface area contributed by atoms with Crippen LogP contribution in [0.3, 0.4) is 0 Å². The summed E-state index contributed by atoms with van der Waals surface area (Å²) in [5, 5.41) is 0. The first kappa shape index (κ1) is 90.2. The van der Waals surface area contributed by atoms with Gasteiger partial charge in [-0.3, -0.25) is 0 Å². The van der Waals surface area contributed by atoms with Crippen LogP contribution in [0.15, 0.2) is 69.9 Å². The highest BCUT2D eigenvalue weighted by atomic mass is 14.7. The van der Waals surface area contributed by atoms with Crippen molar-refractivity contribution < 1.29 is 0 Å². The average molecular weight is 1560 g/mol. The fourth-order valence-corrected chi connectivity index (χ4v) is 35.4. The van der Waals surface area contributed by atoms with Gasteiger partial charge in [-0.25, -0.2) is 0 Å². The average Bonchev–Trinajstić information content (AvgIpc) is 1.67. The molecule has 0 amide bonds. The Labute approximate surface area is 711 Å². The van der Waals surface area contributed by atoms with E-state index in [9.17, 15) is 0 Å². The van der Waals surface area contributed by atoms with Crippen molar-refractivity contribution >= 4 is 0 Å². The van der Waals surface area contributed by atoms with Gasteiger partial charge in [0.25, 0.3) is 0 Å². The van der Waals surface area contributed by atoms with Gasteiger partial charge in [0.1, 0.15) is 0 Å². The van der Waals surface area contributed by atoms with Crippen LogP contribution in [0.1, 0.15) is 443 Å². The predicted molar refractivity (Wildman–Crippen MR) is 498 cm³/mol. The normalized spacial score (nSPS) is 45.8. The highest BCUT2D eigenvalue weighted by molar-refractivity contribution is 5.40. The molecule has 16 aliphatic rings. The molecular formula is C114H192. The fourth-order valence-electron chi connectivity index (χ4n) is 35.4. The van der Waals surface area contributed by atoms with E-state index in [1.165, 1.54) is 224 Å². The van der Waals surface area contributed by atoms with E-state index in [0.29, 0.717) is 48.7 Å². The maximum absolute atomic E-state index is 2.75. The SMILES string of the molecule is CC(C)=CCCC(C)C1CCC2C3=C(CCC21C)C1(C)CCC(C)C(C)(C)C1CC3.CC(C)C/C=C/C(C)C1CCC2C3=CC=C4CC(C)CCC4(C)C3CCC21C.CC(C)CCCC(C)C1CCC2C3CC=C4CC(C)CCC4(C)C3CCC12C.CC(C)CCCC(C)C1CCC2C3CCC4CC(C)CCC4(C)C3CCC12C. The molecule has 0 aromatic rings. The zero-order valence-electron chi connectivity index (χ0n) is 81.0. The second-order valence-electron chi connectivity index (χ2n) is 50.9. The molecule has 12 saturated carbocycles. The number of allylic oxidation sites excluding steroid dienone is 12. The van der Waals surface area contributed by atoms with Gasteiger partial charge >= 0.3 is 0 Å². The maximum atomic E-state index is 2.75. The van der Waals surface area contributed by atoms with Crippen LogP contribution in [-0.4, -0.2) is 0 Å². The molecule has 31 unspecified atom stereocenters. The van der Waals surface area contributed by atoms with Crippen molar-refractivity contribution in [1.29, 1.82) is 0 Å². The summed E-state index contributed by atoms with van der Waals surface area (Å²) in [5.74, 6) is 24.2. The quantitative estimate of drug-likeness (QED) is 0.120. The highest BCUT2D eigenvalue weighted by Crippen LogP contribution is 2.74. The third kappa shape index (κ3) is 17.1. The molecule has 0 nitrogen and oxygen atoms in total. The van der Waals surface area contributed by atoms with Crippen LogP contribution in [0.2, 0.25) is 0 Å². The third-order valence-corrected chi connectivity index (χ3v) is 42.7. The van der Waals surface area contributed by atoms with Crippen molar-refractivity contribution in [3.8, 4) is 0 Å². The Morgan fingerprint density at radius 2 is 0.956 bits per heavy atom. The summed E-state index contributed by atoms with van der Waals surface area (Å²) in [6.45, 7) is 65.7. The summed E-state index contributed by atoms with van der Waals surface area (Å²) in [5.41, 5.74) is 16.1. The second kappa shape index (κ2) is 35.6. The van der Waals surface area contributed by atoms with Gasteiger partial charge in [-0.05, 0) is 435 Å². The molecule has 31 atom stereocenters. The van der Waals surface area contributed by atoms with Crippen LogP contribution in [0, 0.1) is 203 Å². The minimum Gasteiger partial charge on any atom is -0.0880 e. The first-order chi connectivity index (χ1) is 53.8. The number of fused-ring (bicyclic) bond motifs is 19. The van der Waals surface area contributed by atoms with E-state index >= 15 is 0 Å². The Bertz CT molecular complexity index is 3390. The lowest BCUT2D eigenvalue weighted by molar-refractivity contribution is -0.120. The van der Waals surface area contributed by atoms with Crippen LogP contribution in [0.4, 0.5) is 0 Å². The summed E-state index contributed by atoms with van der Waals surface area (Å²) in [7, 11) is 0. The lowest BCUT2D eigenvalue weighted by atomic mass is 9.44. The highest BCUT2D eigenvalue weighted by Gasteiger charge is 2.64.